The van der Waals surface area contributed by atoms with Crippen LogP contribution in [0.5, 0.6) is 0 Å². The van der Waals surface area contributed by atoms with Crippen molar-refractivity contribution in [1.29, 1.82) is 0 Å². The first kappa shape index (κ1) is 25.5. The van der Waals surface area contributed by atoms with E-state index in [9.17, 15) is 14.0 Å². The van der Waals surface area contributed by atoms with Crippen LogP contribution in [0.25, 0.3) is 22.3 Å². The Morgan fingerprint density at radius 2 is 1.59 bits per heavy atom. The van der Waals surface area contributed by atoms with E-state index in [0.717, 1.165) is 27.8 Å². The fourth-order valence-corrected chi connectivity index (χ4v) is 3.81. The summed E-state index contributed by atoms with van der Waals surface area (Å²) < 4.78 is 18.9. The van der Waals surface area contributed by atoms with E-state index in [1.807, 2.05) is 55.5 Å². The van der Waals surface area contributed by atoms with Gasteiger partial charge in [-0.05, 0) is 91.1 Å². The van der Waals surface area contributed by atoms with Gasteiger partial charge in [-0.3, -0.25) is 15.1 Å². The highest BCUT2D eigenvalue weighted by atomic mass is 19.1. The number of anilines is 2. The van der Waals surface area contributed by atoms with Gasteiger partial charge in [0.05, 0.1) is 12.8 Å². The molecular formula is C29H27FN4O3. The fourth-order valence-electron chi connectivity index (χ4n) is 3.81. The van der Waals surface area contributed by atoms with Gasteiger partial charge in [-0.2, -0.15) is 0 Å². The fraction of sp³-hybridized carbons (Fsp3) is 0.172. The molecule has 37 heavy (non-hydrogen) atoms. The van der Waals surface area contributed by atoms with Crippen LogP contribution in [0.2, 0.25) is 0 Å². The lowest BCUT2D eigenvalue weighted by atomic mass is 9.96. The topological polar surface area (TPSA) is 93.2 Å². The van der Waals surface area contributed by atoms with E-state index >= 15 is 0 Å². The molecule has 0 spiro atoms. The first-order valence-electron chi connectivity index (χ1n) is 11.6. The van der Waals surface area contributed by atoms with Gasteiger partial charge in [0.2, 0.25) is 0 Å². The van der Waals surface area contributed by atoms with Crippen molar-refractivity contribution < 1.29 is 18.7 Å². The Bertz CT molecular complexity index is 1460. The lowest BCUT2D eigenvalue weighted by molar-refractivity contribution is 0.102. The van der Waals surface area contributed by atoms with E-state index in [0.29, 0.717) is 17.1 Å². The minimum atomic E-state index is -1.65. The number of alkyl halides is 1. The summed E-state index contributed by atoms with van der Waals surface area (Å²) in [6.07, 6.45) is 2.45. The number of aryl methyl sites for hydroxylation is 1. The monoisotopic (exact) mass is 498 g/mol. The maximum Gasteiger partial charge on any atom is 0.412 e. The average Bonchev–Trinajstić information content (AvgIpc) is 2.89. The number of hydrogen-bond acceptors (Lipinski definition) is 5. The Balaban J connectivity index is 1.60. The van der Waals surface area contributed by atoms with E-state index in [1.165, 1.54) is 33.2 Å². The van der Waals surface area contributed by atoms with Crippen LogP contribution in [0.1, 0.15) is 35.5 Å². The van der Waals surface area contributed by atoms with Crippen LogP contribution in [0.4, 0.5) is 20.7 Å². The number of rotatable bonds is 6. The van der Waals surface area contributed by atoms with Crippen molar-refractivity contribution in [3.63, 3.8) is 0 Å². The molecule has 4 rings (SSSR count). The van der Waals surface area contributed by atoms with Crippen molar-refractivity contribution in [2.75, 3.05) is 17.7 Å². The van der Waals surface area contributed by atoms with Crippen LogP contribution in [0.15, 0.2) is 79.1 Å². The molecular weight excluding hydrogens is 471 g/mol. The number of ether oxygens (including phenoxy) is 1. The maximum absolute atomic E-state index is 14.3. The molecule has 2 N–H and O–H groups in total. The molecule has 8 heteroatoms. The summed E-state index contributed by atoms with van der Waals surface area (Å²) in [6.45, 7) is 4.80. The van der Waals surface area contributed by atoms with Gasteiger partial charge in [-0.1, -0.05) is 24.3 Å². The summed E-state index contributed by atoms with van der Waals surface area (Å²) >= 11 is 0. The molecule has 188 valence electrons. The van der Waals surface area contributed by atoms with Crippen molar-refractivity contribution in [3.8, 4) is 22.3 Å². The van der Waals surface area contributed by atoms with Crippen LogP contribution >= 0.6 is 0 Å². The molecule has 0 atom stereocenters. The molecule has 0 saturated heterocycles. The number of amides is 2. The van der Waals surface area contributed by atoms with E-state index < -0.39 is 11.8 Å². The lowest BCUT2D eigenvalue weighted by Gasteiger charge is -2.15. The van der Waals surface area contributed by atoms with Gasteiger partial charge in [0, 0.05) is 23.6 Å². The van der Waals surface area contributed by atoms with Crippen LogP contribution in [-0.4, -0.2) is 29.1 Å². The van der Waals surface area contributed by atoms with Crippen molar-refractivity contribution >= 4 is 23.5 Å². The minimum absolute atomic E-state index is 0.197. The van der Waals surface area contributed by atoms with Gasteiger partial charge in [-0.15, -0.1) is 0 Å². The van der Waals surface area contributed by atoms with Crippen molar-refractivity contribution in [2.24, 2.45) is 0 Å². The Labute approximate surface area is 214 Å². The zero-order valence-electron chi connectivity index (χ0n) is 21.0. The second kappa shape index (κ2) is 10.6. The Kier molecular flexibility index (Phi) is 7.29. The number of benzene rings is 2. The second-order valence-electron chi connectivity index (χ2n) is 9.01. The number of aromatic nitrogens is 2. The number of nitrogens with one attached hydrogen (secondary N) is 2. The Morgan fingerprint density at radius 1 is 0.865 bits per heavy atom. The molecule has 2 amide bonds. The lowest BCUT2D eigenvalue weighted by Crippen LogP contribution is -2.16. The molecule has 0 aliphatic heterocycles. The minimum Gasteiger partial charge on any atom is -0.453 e. The number of halogens is 1. The SMILES string of the molecule is COC(=O)Nc1cc(-c2cccc(-c3cc(NC(=O)c4ccnc(C(C)(C)F)c4)ccc3C)c2)ccn1. The van der Waals surface area contributed by atoms with E-state index in [4.69, 9.17) is 0 Å². The molecule has 2 aromatic carbocycles. The largest absolute Gasteiger partial charge is 0.453 e. The van der Waals surface area contributed by atoms with Crippen molar-refractivity contribution in [3.05, 3.63) is 95.9 Å². The highest BCUT2D eigenvalue weighted by Gasteiger charge is 2.22. The molecule has 2 aromatic heterocycles. The van der Waals surface area contributed by atoms with Gasteiger partial charge < -0.3 is 10.1 Å². The summed E-state index contributed by atoms with van der Waals surface area (Å²) in [6, 6.07) is 20.2. The third-order valence-electron chi connectivity index (χ3n) is 5.81. The van der Waals surface area contributed by atoms with Crippen molar-refractivity contribution in [2.45, 2.75) is 26.4 Å². The van der Waals surface area contributed by atoms with Gasteiger partial charge >= 0.3 is 6.09 Å². The number of pyridine rings is 2. The molecule has 2 heterocycles. The average molecular weight is 499 g/mol. The standard InChI is InChI=1S/C29H27FN4O3/c1-18-8-9-23(33-27(35)22-11-12-31-25(15-22)29(2,3)30)17-24(18)21-7-5-6-19(14-21)20-10-13-32-26(16-20)34-28(36)37-4/h5-17H,1-4H3,(H,33,35)(H,32,34,36). The third kappa shape index (κ3) is 6.16. The first-order chi connectivity index (χ1) is 17.6. The number of carbonyl (C=O) groups is 2. The highest BCUT2D eigenvalue weighted by Crippen LogP contribution is 2.31. The predicted molar refractivity (Wildman–Crippen MR) is 142 cm³/mol. The molecule has 0 aliphatic carbocycles. The van der Waals surface area contributed by atoms with Gasteiger partial charge in [0.15, 0.2) is 0 Å². The second-order valence-corrected chi connectivity index (χ2v) is 9.01. The maximum atomic E-state index is 14.3. The molecule has 0 bridgehead atoms. The van der Waals surface area contributed by atoms with Crippen LogP contribution in [0.3, 0.4) is 0 Å². The summed E-state index contributed by atoms with van der Waals surface area (Å²) in [5.41, 5.74) is 4.22. The number of carbonyl (C=O) groups excluding carboxylic acids is 2. The Morgan fingerprint density at radius 3 is 2.35 bits per heavy atom. The van der Waals surface area contributed by atoms with Crippen LogP contribution in [0, 0.1) is 6.92 Å². The van der Waals surface area contributed by atoms with Crippen LogP contribution in [-0.2, 0) is 10.4 Å². The third-order valence-corrected chi connectivity index (χ3v) is 5.81. The molecule has 0 saturated carbocycles. The number of methoxy groups -OCH3 is 1. The van der Waals surface area contributed by atoms with E-state index in [1.54, 1.807) is 18.3 Å². The van der Waals surface area contributed by atoms with Gasteiger partial charge in [-0.25, -0.2) is 14.2 Å². The number of hydrogen-bond donors (Lipinski definition) is 2. The Hall–Kier alpha value is -4.59. The zero-order chi connectivity index (χ0) is 26.6. The van der Waals surface area contributed by atoms with E-state index in [2.05, 4.69) is 25.3 Å². The number of nitrogens with zero attached hydrogens (tertiary/aromatic N) is 2. The summed E-state index contributed by atoms with van der Waals surface area (Å²) in [7, 11) is 1.29. The quantitative estimate of drug-likeness (QED) is 0.307. The van der Waals surface area contributed by atoms with Gasteiger partial charge in [0.1, 0.15) is 11.5 Å². The van der Waals surface area contributed by atoms with E-state index in [-0.39, 0.29) is 11.6 Å². The summed E-state index contributed by atoms with van der Waals surface area (Å²) in [5.74, 6) is 0.0323. The molecule has 7 nitrogen and oxygen atoms in total. The molecule has 4 aromatic rings. The summed E-state index contributed by atoms with van der Waals surface area (Å²) in [4.78, 5) is 32.6. The van der Waals surface area contributed by atoms with Crippen LogP contribution < -0.4 is 10.6 Å². The zero-order valence-corrected chi connectivity index (χ0v) is 21.0. The smallest absolute Gasteiger partial charge is 0.412 e. The molecule has 0 fully saturated rings. The normalized spacial score (nSPS) is 11.1. The summed E-state index contributed by atoms with van der Waals surface area (Å²) in [5, 5.41) is 5.47. The molecule has 0 unspecified atom stereocenters. The highest BCUT2D eigenvalue weighted by molar-refractivity contribution is 6.04. The predicted octanol–water partition coefficient (Wildman–Crippen LogP) is 6.75. The molecule has 0 aliphatic rings. The first-order valence-corrected chi connectivity index (χ1v) is 11.6. The molecule has 0 radical (unpaired) electrons. The van der Waals surface area contributed by atoms with Crippen molar-refractivity contribution in [1.82, 2.24) is 9.97 Å². The van der Waals surface area contributed by atoms with Gasteiger partial charge in [0.25, 0.3) is 5.91 Å².